The summed E-state index contributed by atoms with van der Waals surface area (Å²) in [5, 5.41) is 0. The van der Waals surface area contributed by atoms with Crippen molar-refractivity contribution in [1.29, 1.82) is 0 Å². The van der Waals surface area contributed by atoms with E-state index >= 15 is 0 Å². The molecule has 3 rings (SSSR count). The lowest BCUT2D eigenvalue weighted by Gasteiger charge is -2.18. The molecule has 0 aliphatic carbocycles. The fourth-order valence-corrected chi connectivity index (χ4v) is 2.61. The second-order valence-corrected chi connectivity index (χ2v) is 5.07. The van der Waals surface area contributed by atoms with Crippen LogP contribution in [0.2, 0.25) is 0 Å². The van der Waals surface area contributed by atoms with E-state index in [9.17, 15) is 4.79 Å². The van der Waals surface area contributed by atoms with Crippen LogP contribution >= 0.6 is 0 Å². The molecule has 102 valence electrons. The van der Waals surface area contributed by atoms with Crippen LogP contribution in [0.4, 0.5) is 11.4 Å². The predicted molar refractivity (Wildman–Crippen MR) is 80.1 cm³/mol. The number of carbonyl (C=O) groups is 1. The normalized spacial score (nSPS) is 13.7. The highest BCUT2D eigenvalue weighted by molar-refractivity contribution is 6.01. The lowest BCUT2D eigenvalue weighted by molar-refractivity contribution is -0.117. The van der Waals surface area contributed by atoms with Crippen LogP contribution < -0.4 is 16.4 Å². The van der Waals surface area contributed by atoms with Crippen LogP contribution in [-0.2, 0) is 24.3 Å². The molecule has 0 atom stereocenters. The van der Waals surface area contributed by atoms with Gasteiger partial charge in [-0.2, -0.15) is 0 Å². The molecule has 1 aliphatic heterocycles. The highest BCUT2D eigenvalue weighted by Crippen LogP contribution is 2.31. The fourth-order valence-electron chi connectivity index (χ4n) is 2.61. The number of carbonyl (C=O) groups excluding carboxylic acids is 1. The molecule has 0 saturated heterocycles. The number of rotatable bonds is 3. The maximum absolute atomic E-state index is 12.2. The molecule has 4 heteroatoms. The van der Waals surface area contributed by atoms with Crippen molar-refractivity contribution in [2.24, 2.45) is 5.73 Å². The molecule has 4 N–H and O–H groups in total. The Labute approximate surface area is 118 Å². The zero-order valence-corrected chi connectivity index (χ0v) is 11.2. The summed E-state index contributed by atoms with van der Waals surface area (Å²) in [5.74, 6) is 0.122. The highest BCUT2D eigenvalue weighted by atomic mass is 16.2. The maximum Gasteiger partial charge on any atom is 0.231 e. The van der Waals surface area contributed by atoms with Gasteiger partial charge in [-0.25, -0.2) is 0 Å². The Morgan fingerprint density at radius 3 is 2.70 bits per heavy atom. The SMILES string of the molecule is NCc1ccc2c(c1)CC(=O)N2Cc1cccc(N)c1. The third-order valence-electron chi connectivity index (χ3n) is 3.60. The van der Waals surface area contributed by atoms with Gasteiger partial charge in [0.2, 0.25) is 5.91 Å². The van der Waals surface area contributed by atoms with E-state index in [1.54, 1.807) is 0 Å². The average Bonchev–Trinajstić information content (AvgIpc) is 2.74. The summed E-state index contributed by atoms with van der Waals surface area (Å²) < 4.78 is 0. The standard InChI is InChI=1S/C16H17N3O/c17-9-11-4-5-15-13(6-11)8-16(20)19(15)10-12-2-1-3-14(18)7-12/h1-7H,8-10,17-18H2. The third kappa shape index (κ3) is 2.26. The predicted octanol–water partition coefficient (Wildman–Crippen LogP) is 1.82. The van der Waals surface area contributed by atoms with Gasteiger partial charge in [0.15, 0.2) is 0 Å². The lowest BCUT2D eigenvalue weighted by atomic mass is 10.1. The summed E-state index contributed by atoms with van der Waals surface area (Å²) in [6, 6.07) is 13.6. The van der Waals surface area contributed by atoms with Crippen molar-refractivity contribution in [3.8, 4) is 0 Å². The third-order valence-corrected chi connectivity index (χ3v) is 3.60. The van der Waals surface area contributed by atoms with Gasteiger partial charge in [-0.3, -0.25) is 4.79 Å². The van der Waals surface area contributed by atoms with Crippen LogP contribution in [-0.4, -0.2) is 5.91 Å². The van der Waals surface area contributed by atoms with Crippen LogP contribution in [0.1, 0.15) is 16.7 Å². The minimum Gasteiger partial charge on any atom is -0.399 e. The number of hydrogen-bond donors (Lipinski definition) is 2. The van der Waals surface area contributed by atoms with E-state index in [2.05, 4.69) is 0 Å². The average molecular weight is 267 g/mol. The number of nitrogen functional groups attached to an aromatic ring is 1. The van der Waals surface area contributed by atoms with Gasteiger partial charge in [-0.15, -0.1) is 0 Å². The number of nitrogens with two attached hydrogens (primary N) is 2. The van der Waals surface area contributed by atoms with E-state index < -0.39 is 0 Å². The Kier molecular flexibility index (Phi) is 3.16. The molecule has 0 unspecified atom stereocenters. The van der Waals surface area contributed by atoms with Crippen LogP contribution in [0, 0.1) is 0 Å². The zero-order chi connectivity index (χ0) is 14.1. The van der Waals surface area contributed by atoms with E-state index in [1.165, 1.54) is 0 Å². The quantitative estimate of drug-likeness (QED) is 0.833. The van der Waals surface area contributed by atoms with Crippen LogP contribution in [0.25, 0.3) is 0 Å². The number of anilines is 2. The topological polar surface area (TPSA) is 72.4 Å². The molecule has 0 fully saturated rings. The molecule has 1 amide bonds. The van der Waals surface area contributed by atoms with Crippen LogP contribution in [0.3, 0.4) is 0 Å². The minimum absolute atomic E-state index is 0.122. The van der Waals surface area contributed by atoms with Crippen molar-refractivity contribution in [3.63, 3.8) is 0 Å². The summed E-state index contributed by atoms with van der Waals surface area (Å²) in [6.07, 6.45) is 0.450. The van der Waals surface area contributed by atoms with E-state index in [4.69, 9.17) is 11.5 Å². The summed E-state index contributed by atoms with van der Waals surface area (Å²) in [6.45, 7) is 1.05. The van der Waals surface area contributed by atoms with Crippen molar-refractivity contribution in [3.05, 3.63) is 59.2 Å². The van der Waals surface area contributed by atoms with Gasteiger partial charge in [0.25, 0.3) is 0 Å². The Bertz CT molecular complexity index is 667. The molecule has 4 nitrogen and oxygen atoms in total. The summed E-state index contributed by atoms with van der Waals surface area (Å²) in [5.41, 5.74) is 16.3. The number of amides is 1. The molecule has 1 heterocycles. The van der Waals surface area contributed by atoms with Gasteiger partial charge in [-0.05, 0) is 34.9 Å². The molecule has 0 saturated carbocycles. The number of fused-ring (bicyclic) bond motifs is 1. The molecular weight excluding hydrogens is 250 g/mol. The van der Waals surface area contributed by atoms with Crippen LogP contribution in [0.5, 0.6) is 0 Å². The molecule has 0 radical (unpaired) electrons. The van der Waals surface area contributed by atoms with Crippen molar-refractivity contribution in [1.82, 2.24) is 0 Å². The molecule has 20 heavy (non-hydrogen) atoms. The van der Waals surface area contributed by atoms with E-state index in [-0.39, 0.29) is 5.91 Å². The molecular formula is C16H17N3O. The van der Waals surface area contributed by atoms with Crippen molar-refractivity contribution >= 4 is 17.3 Å². The lowest BCUT2D eigenvalue weighted by Crippen LogP contribution is -2.26. The second kappa shape index (κ2) is 4.98. The summed E-state index contributed by atoms with van der Waals surface area (Å²) in [4.78, 5) is 14.0. The van der Waals surface area contributed by atoms with Crippen molar-refractivity contribution in [2.75, 3.05) is 10.6 Å². The molecule has 2 aromatic carbocycles. The van der Waals surface area contributed by atoms with Crippen molar-refractivity contribution < 1.29 is 4.79 Å². The highest BCUT2D eigenvalue weighted by Gasteiger charge is 2.27. The molecule has 2 aromatic rings. The van der Waals surface area contributed by atoms with Gasteiger partial charge < -0.3 is 16.4 Å². The Balaban J connectivity index is 1.90. The van der Waals surface area contributed by atoms with Crippen molar-refractivity contribution in [2.45, 2.75) is 19.5 Å². The first kappa shape index (κ1) is 12.7. The van der Waals surface area contributed by atoms with E-state index in [0.29, 0.717) is 25.2 Å². The molecule has 0 bridgehead atoms. The zero-order valence-electron chi connectivity index (χ0n) is 11.2. The number of benzene rings is 2. The number of hydrogen-bond acceptors (Lipinski definition) is 3. The van der Waals surface area contributed by atoms with E-state index in [0.717, 1.165) is 22.4 Å². The first-order valence-electron chi connectivity index (χ1n) is 6.64. The van der Waals surface area contributed by atoms with Gasteiger partial charge in [-0.1, -0.05) is 24.3 Å². The molecule has 1 aliphatic rings. The van der Waals surface area contributed by atoms with Gasteiger partial charge in [0, 0.05) is 17.9 Å². The maximum atomic E-state index is 12.2. The Hall–Kier alpha value is -2.33. The van der Waals surface area contributed by atoms with Gasteiger partial charge >= 0.3 is 0 Å². The fraction of sp³-hybridized carbons (Fsp3) is 0.188. The summed E-state index contributed by atoms with van der Waals surface area (Å²) >= 11 is 0. The largest absolute Gasteiger partial charge is 0.399 e. The molecule has 0 spiro atoms. The smallest absolute Gasteiger partial charge is 0.231 e. The van der Waals surface area contributed by atoms with Gasteiger partial charge in [0.05, 0.1) is 13.0 Å². The Morgan fingerprint density at radius 2 is 1.95 bits per heavy atom. The molecule has 0 aromatic heterocycles. The summed E-state index contributed by atoms with van der Waals surface area (Å²) in [7, 11) is 0. The number of nitrogens with zero attached hydrogens (tertiary/aromatic N) is 1. The first-order chi connectivity index (χ1) is 9.67. The van der Waals surface area contributed by atoms with E-state index in [1.807, 2.05) is 47.4 Å². The second-order valence-electron chi connectivity index (χ2n) is 5.07. The minimum atomic E-state index is 0.122. The first-order valence-corrected chi connectivity index (χ1v) is 6.64. The monoisotopic (exact) mass is 267 g/mol. The van der Waals surface area contributed by atoms with Gasteiger partial charge in [0.1, 0.15) is 0 Å². The Morgan fingerprint density at radius 1 is 1.10 bits per heavy atom. The van der Waals surface area contributed by atoms with Crippen LogP contribution in [0.15, 0.2) is 42.5 Å².